The number of aromatic nitrogens is 2. The van der Waals surface area contributed by atoms with E-state index < -0.39 is 16.9 Å². The molecule has 0 saturated heterocycles. The number of para-hydroxylation sites is 2. The Morgan fingerprint density at radius 1 is 1.50 bits per heavy atom. The number of carbonyl (C=O) groups excluding carboxylic acids is 1. The molecule has 0 bridgehead atoms. The van der Waals surface area contributed by atoms with Gasteiger partial charge in [0, 0.05) is 24.9 Å². The lowest BCUT2D eigenvalue weighted by Gasteiger charge is -2.10. The number of hydrogen-bond donors (Lipinski definition) is 2. The van der Waals surface area contributed by atoms with Crippen LogP contribution in [0.3, 0.4) is 0 Å². The second-order valence-corrected chi connectivity index (χ2v) is 4.19. The van der Waals surface area contributed by atoms with Gasteiger partial charge >= 0.3 is 0 Å². The lowest BCUT2D eigenvalue weighted by atomic mass is 10.1. The summed E-state index contributed by atoms with van der Waals surface area (Å²) in [4.78, 5) is 22.3. The number of benzene rings is 1. The van der Waals surface area contributed by atoms with Gasteiger partial charge in [-0.05, 0) is 6.07 Å². The zero-order valence-electron chi connectivity index (χ0n) is 10.7. The van der Waals surface area contributed by atoms with E-state index in [2.05, 4.69) is 10.4 Å². The van der Waals surface area contributed by atoms with Crippen LogP contribution in [-0.2, 0) is 11.8 Å². The summed E-state index contributed by atoms with van der Waals surface area (Å²) in [5, 5.41) is 17.2. The fourth-order valence-electron chi connectivity index (χ4n) is 1.70. The third-order valence-electron chi connectivity index (χ3n) is 2.73. The summed E-state index contributed by atoms with van der Waals surface area (Å²) in [6, 6.07) is 4.94. The van der Waals surface area contributed by atoms with Gasteiger partial charge in [0.2, 0.25) is 5.91 Å². The van der Waals surface area contributed by atoms with E-state index in [4.69, 9.17) is 5.73 Å². The van der Waals surface area contributed by atoms with E-state index in [0.717, 1.165) is 0 Å². The van der Waals surface area contributed by atoms with Crippen molar-refractivity contribution in [1.29, 1.82) is 0 Å². The third-order valence-corrected chi connectivity index (χ3v) is 2.73. The van der Waals surface area contributed by atoms with Crippen molar-refractivity contribution >= 4 is 17.3 Å². The van der Waals surface area contributed by atoms with Gasteiger partial charge in [0.05, 0.1) is 11.1 Å². The summed E-state index contributed by atoms with van der Waals surface area (Å²) in [5.74, 6) is -0.535. The molecule has 0 aliphatic carbocycles. The number of carbonyl (C=O) groups is 1. The molecular formula is C12H13N5O3. The minimum atomic E-state index is -0.941. The van der Waals surface area contributed by atoms with Crippen molar-refractivity contribution in [1.82, 2.24) is 9.78 Å². The number of nitrogens with one attached hydrogen (secondary N) is 1. The van der Waals surface area contributed by atoms with Crippen molar-refractivity contribution in [2.24, 2.45) is 12.8 Å². The Hall–Kier alpha value is -2.74. The minimum absolute atomic E-state index is 0.113. The van der Waals surface area contributed by atoms with Gasteiger partial charge in [0.1, 0.15) is 11.7 Å². The van der Waals surface area contributed by atoms with Gasteiger partial charge < -0.3 is 11.1 Å². The second-order valence-electron chi connectivity index (χ2n) is 4.19. The molecule has 3 N–H and O–H groups in total. The molecule has 2 aromatic rings. The quantitative estimate of drug-likeness (QED) is 0.637. The number of aryl methyl sites for hydroxylation is 1. The highest BCUT2D eigenvalue weighted by Gasteiger charge is 2.21. The van der Waals surface area contributed by atoms with E-state index in [1.165, 1.54) is 29.1 Å². The molecule has 0 aliphatic rings. The molecule has 104 valence electrons. The molecule has 0 saturated carbocycles. The smallest absolute Gasteiger partial charge is 0.292 e. The van der Waals surface area contributed by atoms with Crippen LogP contribution < -0.4 is 11.1 Å². The molecule has 2 rings (SSSR count). The summed E-state index contributed by atoms with van der Waals surface area (Å²) < 4.78 is 1.52. The topological polar surface area (TPSA) is 116 Å². The Morgan fingerprint density at radius 2 is 2.20 bits per heavy atom. The summed E-state index contributed by atoms with van der Waals surface area (Å²) in [5.41, 5.74) is 6.25. The molecule has 1 unspecified atom stereocenters. The zero-order valence-corrected chi connectivity index (χ0v) is 10.7. The van der Waals surface area contributed by atoms with Crippen molar-refractivity contribution in [3.63, 3.8) is 0 Å². The number of amides is 1. The van der Waals surface area contributed by atoms with Gasteiger partial charge in [-0.1, -0.05) is 12.1 Å². The number of hydrogen-bond acceptors (Lipinski definition) is 5. The van der Waals surface area contributed by atoms with E-state index in [0.29, 0.717) is 5.56 Å². The number of anilines is 1. The molecule has 1 heterocycles. The lowest BCUT2D eigenvalue weighted by Crippen LogP contribution is -2.27. The Balaban J connectivity index is 2.18. The van der Waals surface area contributed by atoms with Crippen LogP contribution in [0.25, 0.3) is 0 Å². The highest BCUT2D eigenvalue weighted by atomic mass is 16.6. The summed E-state index contributed by atoms with van der Waals surface area (Å²) >= 11 is 0. The van der Waals surface area contributed by atoms with Crippen LogP contribution in [0.2, 0.25) is 0 Å². The first-order valence-electron chi connectivity index (χ1n) is 5.77. The number of nitro benzene ring substituents is 1. The third kappa shape index (κ3) is 2.81. The first-order valence-corrected chi connectivity index (χ1v) is 5.77. The van der Waals surface area contributed by atoms with Crippen molar-refractivity contribution in [2.45, 2.75) is 6.04 Å². The van der Waals surface area contributed by atoms with Crippen LogP contribution in [0.1, 0.15) is 11.6 Å². The largest absolute Gasteiger partial charge is 0.319 e. The Morgan fingerprint density at radius 3 is 2.80 bits per heavy atom. The van der Waals surface area contributed by atoms with Crippen LogP contribution in [0.15, 0.2) is 36.7 Å². The van der Waals surface area contributed by atoms with Crippen molar-refractivity contribution in [2.75, 3.05) is 5.32 Å². The molecule has 0 aliphatic heterocycles. The molecule has 0 fully saturated rings. The SMILES string of the molecule is Cn1cc(C(N)C(=O)Nc2ccccc2[N+](=O)[O-])cn1. The fraction of sp³-hybridized carbons (Fsp3) is 0.167. The van der Waals surface area contributed by atoms with Crippen LogP contribution in [0, 0.1) is 10.1 Å². The zero-order chi connectivity index (χ0) is 14.7. The second kappa shape index (κ2) is 5.49. The molecule has 8 heteroatoms. The number of nitrogens with zero attached hydrogens (tertiary/aromatic N) is 3. The lowest BCUT2D eigenvalue weighted by molar-refractivity contribution is -0.383. The molecule has 1 atom stereocenters. The van der Waals surface area contributed by atoms with Gasteiger partial charge in [-0.25, -0.2) is 0 Å². The number of rotatable bonds is 4. The molecule has 1 amide bonds. The summed E-state index contributed by atoms with van der Waals surface area (Å²) in [6.07, 6.45) is 3.09. The van der Waals surface area contributed by atoms with Gasteiger partial charge in [-0.3, -0.25) is 19.6 Å². The van der Waals surface area contributed by atoms with E-state index >= 15 is 0 Å². The molecule has 0 spiro atoms. The average Bonchev–Trinajstić information content (AvgIpc) is 2.84. The van der Waals surface area contributed by atoms with Crippen LogP contribution in [0.5, 0.6) is 0 Å². The fourth-order valence-corrected chi connectivity index (χ4v) is 1.70. The van der Waals surface area contributed by atoms with Gasteiger partial charge in [-0.2, -0.15) is 5.10 Å². The minimum Gasteiger partial charge on any atom is -0.319 e. The predicted octanol–water partition coefficient (Wildman–Crippen LogP) is 0.967. The van der Waals surface area contributed by atoms with Crippen molar-refractivity contribution in [3.8, 4) is 0 Å². The van der Waals surface area contributed by atoms with Crippen LogP contribution in [0.4, 0.5) is 11.4 Å². The number of nitro groups is 1. The molecule has 1 aromatic heterocycles. The average molecular weight is 275 g/mol. The Bertz CT molecular complexity index is 652. The van der Waals surface area contributed by atoms with E-state index in [9.17, 15) is 14.9 Å². The van der Waals surface area contributed by atoms with Crippen LogP contribution >= 0.6 is 0 Å². The molecule has 0 radical (unpaired) electrons. The summed E-state index contributed by atoms with van der Waals surface area (Å²) in [7, 11) is 1.70. The first-order chi connectivity index (χ1) is 9.49. The number of nitrogens with two attached hydrogens (primary N) is 1. The molecule has 8 nitrogen and oxygen atoms in total. The maximum Gasteiger partial charge on any atom is 0.292 e. The van der Waals surface area contributed by atoms with Gasteiger partial charge in [-0.15, -0.1) is 0 Å². The van der Waals surface area contributed by atoms with Gasteiger partial charge in [0.25, 0.3) is 5.69 Å². The highest BCUT2D eigenvalue weighted by Crippen LogP contribution is 2.24. The first kappa shape index (κ1) is 13.7. The van der Waals surface area contributed by atoms with E-state index in [-0.39, 0.29) is 11.4 Å². The Kier molecular flexibility index (Phi) is 3.76. The van der Waals surface area contributed by atoms with Crippen LogP contribution in [-0.4, -0.2) is 20.6 Å². The van der Waals surface area contributed by atoms with E-state index in [1.807, 2.05) is 0 Å². The predicted molar refractivity (Wildman–Crippen MR) is 71.9 cm³/mol. The van der Waals surface area contributed by atoms with Gasteiger partial charge in [0.15, 0.2) is 0 Å². The van der Waals surface area contributed by atoms with Crippen molar-refractivity contribution in [3.05, 3.63) is 52.3 Å². The highest BCUT2D eigenvalue weighted by molar-refractivity contribution is 5.97. The molecule has 20 heavy (non-hydrogen) atoms. The molecule has 1 aromatic carbocycles. The molecular weight excluding hydrogens is 262 g/mol. The van der Waals surface area contributed by atoms with Crippen molar-refractivity contribution < 1.29 is 9.72 Å². The summed E-state index contributed by atoms with van der Waals surface area (Å²) in [6.45, 7) is 0. The monoisotopic (exact) mass is 275 g/mol. The standard InChI is InChI=1S/C12H13N5O3/c1-16-7-8(6-14-16)11(13)12(18)15-9-4-2-3-5-10(9)17(19)20/h2-7,11H,13H2,1H3,(H,15,18). The maximum absolute atomic E-state index is 12.0. The van der Waals surface area contributed by atoms with E-state index in [1.54, 1.807) is 19.3 Å². The normalized spacial score (nSPS) is 11.9. The Labute approximate surface area is 114 Å². The maximum atomic E-state index is 12.0.